The first-order valence-corrected chi connectivity index (χ1v) is 5.50. The minimum atomic E-state index is 0.187. The molecule has 1 aromatic heterocycles. The zero-order chi connectivity index (χ0) is 9.97. The number of aromatic nitrogens is 2. The molecule has 1 aliphatic rings. The lowest BCUT2D eigenvalue weighted by Gasteiger charge is -2.14. The number of nitrogens with two attached hydrogens (primary N) is 1. The Hall–Kier alpha value is -0.830. The zero-order valence-electron chi connectivity index (χ0n) is 8.82. The van der Waals surface area contributed by atoms with Gasteiger partial charge < -0.3 is 5.73 Å². The molecule has 0 aliphatic heterocycles. The first-order valence-electron chi connectivity index (χ1n) is 5.50. The summed E-state index contributed by atoms with van der Waals surface area (Å²) in [6.07, 6.45) is 10.6. The number of nitrogens with zero attached hydrogens (tertiary/aromatic N) is 2. The van der Waals surface area contributed by atoms with Gasteiger partial charge >= 0.3 is 0 Å². The SMILES string of the molecule is Cn1cc(C(N)CC2CCCC2)cn1. The maximum absolute atomic E-state index is 6.13. The maximum Gasteiger partial charge on any atom is 0.0537 e. The van der Waals surface area contributed by atoms with Crippen LogP contribution in [-0.2, 0) is 7.05 Å². The molecular formula is C11H19N3. The fourth-order valence-corrected chi connectivity index (χ4v) is 2.37. The molecule has 1 unspecified atom stereocenters. The monoisotopic (exact) mass is 193 g/mol. The number of rotatable bonds is 3. The first kappa shape index (κ1) is 9.71. The highest BCUT2D eigenvalue weighted by atomic mass is 15.2. The summed E-state index contributed by atoms with van der Waals surface area (Å²) in [7, 11) is 1.94. The maximum atomic E-state index is 6.13. The second kappa shape index (κ2) is 4.13. The molecule has 1 aliphatic carbocycles. The smallest absolute Gasteiger partial charge is 0.0537 e. The van der Waals surface area contributed by atoms with E-state index in [1.165, 1.54) is 31.2 Å². The van der Waals surface area contributed by atoms with Gasteiger partial charge in [-0.2, -0.15) is 5.10 Å². The Balaban J connectivity index is 1.91. The van der Waals surface area contributed by atoms with Gasteiger partial charge in [0.25, 0.3) is 0 Å². The van der Waals surface area contributed by atoms with Crippen LogP contribution >= 0.6 is 0 Å². The molecule has 3 nitrogen and oxygen atoms in total. The molecule has 1 fully saturated rings. The second-order valence-corrected chi connectivity index (χ2v) is 4.44. The van der Waals surface area contributed by atoms with E-state index in [4.69, 9.17) is 5.73 Å². The molecule has 0 aromatic carbocycles. The average Bonchev–Trinajstić information content (AvgIpc) is 2.75. The van der Waals surface area contributed by atoms with Gasteiger partial charge in [0.15, 0.2) is 0 Å². The topological polar surface area (TPSA) is 43.8 Å². The molecule has 0 radical (unpaired) electrons. The highest BCUT2D eigenvalue weighted by molar-refractivity contribution is 5.09. The first-order chi connectivity index (χ1) is 6.75. The standard InChI is InChI=1S/C11H19N3/c1-14-8-10(7-13-14)11(12)6-9-4-2-3-5-9/h7-9,11H,2-6,12H2,1H3. The lowest BCUT2D eigenvalue weighted by molar-refractivity contribution is 0.450. The van der Waals surface area contributed by atoms with E-state index in [2.05, 4.69) is 5.10 Å². The molecule has 0 bridgehead atoms. The van der Waals surface area contributed by atoms with Crippen molar-refractivity contribution in [1.29, 1.82) is 0 Å². The van der Waals surface area contributed by atoms with Gasteiger partial charge in [-0.25, -0.2) is 0 Å². The Morgan fingerprint density at radius 1 is 1.57 bits per heavy atom. The minimum absolute atomic E-state index is 0.187. The van der Waals surface area contributed by atoms with Crippen LogP contribution < -0.4 is 5.73 Å². The van der Waals surface area contributed by atoms with Gasteiger partial charge in [0.2, 0.25) is 0 Å². The zero-order valence-corrected chi connectivity index (χ0v) is 8.82. The van der Waals surface area contributed by atoms with Crippen molar-refractivity contribution in [2.45, 2.75) is 38.1 Å². The molecule has 1 atom stereocenters. The van der Waals surface area contributed by atoms with Crippen LogP contribution in [0.3, 0.4) is 0 Å². The molecular weight excluding hydrogens is 174 g/mol. The Labute approximate surface area is 85.3 Å². The predicted octanol–water partition coefficient (Wildman–Crippen LogP) is 2.00. The van der Waals surface area contributed by atoms with E-state index in [1.807, 2.05) is 24.1 Å². The number of hydrogen-bond acceptors (Lipinski definition) is 2. The van der Waals surface area contributed by atoms with E-state index < -0.39 is 0 Å². The van der Waals surface area contributed by atoms with Gasteiger partial charge in [-0.05, 0) is 12.3 Å². The van der Waals surface area contributed by atoms with E-state index in [-0.39, 0.29) is 6.04 Å². The van der Waals surface area contributed by atoms with Crippen molar-refractivity contribution < 1.29 is 0 Å². The summed E-state index contributed by atoms with van der Waals surface area (Å²) in [6, 6.07) is 0.187. The summed E-state index contributed by atoms with van der Waals surface area (Å²) in [4.78, 5) is 0. The summed E-state index contributed by atoms with van der Waals surface area (Å²) in [6.45, 7) is 0. The lowest BCUT2D eigenvalue weighted by atomic mass is 9.96. The molecule has 1 aromatic rings. The van der Waals surface area contributed by atoms with Crippen molar-refractivity contribution in [3.8, 4) is 0 Å². The fraction of sp³-hybridized carbons (Fsp3) is 0.727. The third-order valence-corrected chi connectivity index (χ3v) is 3.22. The van der Waals surface area contributed by atoms with E-state index in [1.54, 1.807) is 0 Å². The van der Waals surface area contributed by atoms with Crippen molar-refractivity contribution in [3.63, 3.8) is 0 Å². The van der Waals surface area contributed by atoms with E-state index in [0.717, 1.165) is 12.3 Å². The van der Waals surface area contributed by atoms with Crippen molar-refractivity contribution in [3.05, 3.63) is 18.0 Å². The summed E-state index contributed by atoms with van der Waals surface area (Å²) < 4.78 is 1.82. The molecule has 0 amide bonds. The van der Waals surface area contributed by atoms with Crippen LogP contribution in [0, 0.1) is 5.92 Å². The second-order valence-electron chi connectivity index (χ2n) is 4.44. The lowest BCUT2D eigenvalue weighted by Crippen LogP contribution is -2.13. The van der Waals surface area contributed by atoms with Gasteiger partial charge in [-0.3, -0.25) is 4.68 Å². The van der Waals surface area contributed by atoms with Gasteiger partial charge in [-0.1, -0.05) is 25.7 Å². The quantitative estimate of drug-likeness (QED) is 0.798. The van der Waals surface area contributed by atoms with Gasteiger partial charge in [0, 0.05) is 24.8 Å². The predicted molar refractivity (Wildman–Crippen MR) is 56.7 cm³/mol. The molecule has 1 heterocycles. The van der Waals surface area contributed by atoms with E-state index >= 15 is 0 Å². The molecule has 78 valence electrons. The van der Waals surface area contributed by atoms with Crippen LogP contribution in [0.5, 0.6) is 0 Å². The largest absolute Gasteiger partial charge is 0.324 e. The molecule has 3 heteroatoms. The summed E-state index contributed by atoms with van der Waals surface area (Å²) in [5, 5.41) is 4.15. The molecule has 2 N–H and O–H groups in total. The molecule has 2 rings (SSSR count). The normalized spacial score (nSPS) is 20.1. The molecule has 14 heavy (non-hydrogen) atoms. The Morgan fingerprint density at radius 2 is 2.29 bits per heavy atom. The summed E-state index contributed by atoms with van der Waals surface area (Å²) in [5.41, 5.74) is 7.31. The number of aryl methyl sites for hydroxylation is 1. The third kappa shape index (κ3) is 2.15. The van der Waals surface area contributed by atoms with Crippen LogP contribution in [0.1, 0.15) is 43.7 Å². The minimum Gasteiger partial charge on any atom is -0.324 e. The van der Waals surface area contributed by atoms with Gasteiger partial charge in [0.1, 0.15) is 0 Å². The third-order valence-electron chi connectivity index (χ3n) is 3.22. The Morgan fingerprint density at radius 3 is 2.86 bits per heavy atom. The van der Waals surface area contributed by atoms with Crippen LogP contribution in [0.25, 0.3) is 0 Å². The average molecular weight is 193 g/mol. The van der Waals surface area contributed by atoms with Crippen LogP contribution in [0.4, 0.5) is 0 Å². The van der Waals surface area contributed by atoms with E-state index in [9.17, 15) is 0 Å². The Kier molecular flexibility index (Phi) is 2.87. The van der Waals surface area contributed by atoms with Crippen LogP contribution in [-0.4, -0.2) is 9.78 Å². The molecule has 1 saturated carbocycles. The molecule has 0 spiro atoms. The Bertz CT molecular complexity index is 286. The van der Waals surface area contributed by atoms with Crippen LogP contribution in [0.2, 0.25) is 0 Å². The summed E-state index contributed by atoms with van der Waals surface area (Å²) in [5.74, 6) is 0.852. The number of hydrogen-bond donors (Lipinski definition) is 1. The van der Waals surface area contributed by atoms with Crippen molar-refractivity contribution in [2.24, 2.45) is 18.7 Å². The van der Waals surface area contributed by atoms with E-state index in [0.29, 0.717) is 0 Å². The van der Waals surface area contributed by atoms with Crippen LogP contribution in [0.15, 0.2) is 12.4 Å². The van der Waals surface area contributed by atoms with Gasteiger partial charge in [-0.15, -0.1) is 0 Å². The van der Waals surface area contributed by atoms with Crippen molar-refractivity contribution >= 4 is 0 Å². The van der Waals surface area contributed by atoms with Crippen molar-refractivity contribution in [2.75, 3.05) is 0 Å². The van der Waals surface area contributed by atoms with Crippen molar-refractivity contribution in [1.82, 2.24) is 9.78 Å². The fourth-order valence-electron chi connectivity index (χ4n) is 2.37. The molecule has 0 saturated heterocycles. The van der Waals surface area contributed by atoms with Gasteiger partial charge in [0.05, 0.1) is 6.20 Å². The summed E-state index contributed by atoms with van der Waals surface area (Å²) >= 11 is 0. The highest BCUT2D eigenvalue weighted by Gasteiger charge is 2.19. The highest BCUT2D eigenvalue weighted by Crippen LogP contribution is 2.31.